The number of aromatic nitrogens is 1. The van der Waals surface area contributed by atoms with Gasteiger partial charge in [-0.05, 0) is 75.1 Å². The van der Waals surface area contributed by atoms with Crippen molar-refractivity contribution >= 4 is 25.1 Å². The van der Waals surface area contributed by atoms with Gasteiger partial charge in [0.05, 0.1) is 11.7 Å². The van der Waals surface area contributed by atoms with Crippen molar-refractivity contribution in [3.63, 3.8) is 0 Å². The second-order valence-corrected chi connectivity index (χ2v) is 11.7. The third kappa shape index (κ3) is 4.82. The van der Waals surface area contributed by atoms with Crippen molar-refractivity contribution in [3.8, 4) is 0 Å². The molecule has 0 fully saturated rings. The van der Waals surface area contributed by atoms with Gasteiger partial charge in [0.25, 0.3) is 0 Å². The van der Waals surface area contributed by atoms with Gasteiger partial charge in [-0.2, -0.15) is 0 Å². The fraction of sp³-hybridized carbons (Fsp3) is 0.367. The van der Waals surface area contributed by atoms with Gasteiger partial charge >= 0.3 is 0 Å². The molecule has 0 radical (unpaired) electrons. The fourth-order valence-corrected chi connectivity index (χ4v) is 7.06. The van der Waals surface area contributed by atoms with E-state index in [-0.39, 0.29) is 7.92 Å². The maximum Gasteiger partial charge on any atom is 0.153 e. The Bertz CT molecular complexity index is 1130. The molecular formula is C30H39N4P. The van der Waals surface area contributed by atoms with E-state index in [4.69, 9.17) is 4.98 Å². The first-order chi connectivity index (χ1) is 17.0. The number of nitrogens with zero attached hydrogens (tertiary/aromatic N) is 4. The summed E-state index contributed by atoms with van der Waals surface area (Å²) >= 11 is 0. The molecule has 1 aromatic heterocycles. The van der Waals surface area contributed by atoms with Crippen LogP contribution in [0.4, 0.5) is 17.2 Å². The van der Waals surface area contributed by atoms with Gasteiger partial charge in [0.15, 0.2) is 5.82 Å². The minimum Gasteiger partial charge on any atom is -0.337 e. The van der Waals surface area contributed by atoms with Crippen LogP contribution < -0.4 is 14.7 Å². The molecule has 0 spiro atoms. The third-order valence-corrected chi connectivity index (χ3v) is 9.51. The highest BCUT2D eigenvalue weighted by Crippen LogP contribution is 2.52. The summed E-state index contributed by atoms with van der Waals surface area (Å²) in [6, 6.07) is 15.4. The lowest BCUT2D eigenvalue weighted by atomic mass is 9.92. The van der Waals surface area contributed by atoms with E-state index in [1.807, 2.05) is 6.20 Å². The maximum atomic E-state index is 4.80. The van der Waals surface area contributed by atoms with Crippen LogP contribution in [0.1, 0.15) is 40.5 Å². The second kappa shape index (κ2) is 11.3. The summed E-state index contributed by atoms with van der Waals surface area (Å²) in [5.41, 5.74) is 6.46. The molecule has 5 heteroatoms. The molecule has 184 valence electrons. The Morgan fingerprint density at radius 1 is 1.11 bits per heavy atom. The van der Waals surface area contributed by atoms with E-state index < -0.39 is 0 Å². The van der Waals surface area contributed by atoms with Gasteiger partial charge in [0.1, 0.15) is 5.91 Å². The van der Waals surface area contributed by atoms with Crippen LogP contribution in [-0.2, 0) is 0 Å². The Labute approximate surface area is 213 Å². The van der Waals surface area contributed by atoms with Crippen LogP contribution in [0.15, 0.2) is 96.0 Å². The van der Waals surface area contributed by atoms with E-state index in [1.54, 1.807) is 0 Å². The summed E-state index contributed by atoms with van der Waals surface area (Å²) in [7, 11) is 2.00. The standard InChI is InChI=1S/C30H39N4P/c1-7-15-24(9-3)33(25-16-12-11-13-17-25)26-20-19-23(8-2)28(22-26)34-27-18-14-21-31-29(27)32(5)30(34)35(6)10-4/h7,9,11-21,28,30H,8,10,22H2,1-6H3/b15-7-,24-9+. The molecule has 0 bridgehead atoms. The van der Waals surface area contributed by atoms with Crippen LogP contribution in [0.3, 0.4) is 0 Å². The molecule has 35 heavy (non-hydrogen) atoms. The molecule has 2 aromatic rings. The zero-order valence-electron chi connectivity index (χ0n) is 22.0. The number of rotatable bonds is 8. The molecule has 1 aromatic carbocycles. The van der Waals surface area contributed by atoms with E-state index in [0.29, 0.717) is 11.9 Å². The number of allylic oxidation sites excluding steroid dienone is 5. The number of hydrogen-bond acceptors (Lipinski definition) is 4. The molecule has 4 nitrogen and oxygen atoms in total. The average Bonchev–Trinajstić information content (AvgIpc) is 3.20. The Kier molecular flexibility index (Phi) is 8.13. The minimum atomic E-state index is -0.219. The van der Waals surface area contributed by atoms with Gasteiger partial charge in [-0.3, -0.25) is 0 Å². The van der Waals surface area contributed by atoms with Crippen molar-refractivity contribution in [2.45, 2.75) is 52.5 Å². The van der Waals surface area contributed by atoms with Crippen molar-refractivity contribution in [1.29, 1.82) is 0 Å². The summed E-state index contributed by atoms with van der Waals surface area (Å²) in [5.74, 6) is 1.45. The van der Waals surface area contributed by atoms with Crippen molar-refractivity contribution in [1.82, 2.24) is 4.98 Å². The minimum absolute atomic E-state index is 0.219. The maximum absolute atomic E-state index is 4.80. The van der Waals surface area contributed by atoms with Gasteiger partial charge in [-0.15, -0.1) is 0 Å². The largest absolute Gasteiger partial charge is 0.337 e. The Balaban J connectivity index is 1.80. The number of fused-ring (bicyclic) bond motifs is 1. The normalized spacial score (nSPS) is 21.1. The number of anilines is 3. The summed E-state index contributed by atoms with van der Waals surface area (Å²) in [5, 5.41) is 0. The Morgan fingerprint density at radius 3 is 2.54 bits per heavy atom. The highest BCUT2D eigenvalue weighted by atomic mass is 31.1. The van der Waals surface area contributed by atoms with Crippen LogP contribution in [0.25, 0.3) is 0 Å². The fourth-order valence-electron chi connectivity index (χ4n) is 5.32. The molecule has 2 aliphatic rings. The van der Waals surface area contributed by atoms with Gasteiger partial charge in [-0.25, -0.2) is 4.98 Å². The lowest BCUT2D eigenvalue weighted by molar-refractivity contribution is 0.611. The van der Waals surface area contributed by atoms with E-state index in [0.717, 1.165) is 18.7 Å². The SMILES string of the molecule is C/C=C\C(=C/C)N(C1=CC=C(CC)C(N2c3cccnc3N(C)C2P(C)CC)C1)c1ccccc1. The molecular weight excluding hydrogens is 447 g/mol. The number of hydrogen-bond donors (Lipinski definition) is 0. The molecule has 2 heterocycles. The van der Waals surface area contributed by atoms with Gasteiger partial charge in [-0.1, -0.05) is 58.2 Å². The van der Waals surface area contributed by atoms with Crippen molar-refractivity contribution in [2.75, 3.05) is 34.6 Å². The summed E-state index contributed by atoms with van der Waals surface area (Å²) in [4.78, 5) is 12.3. The molecule has 0 N–H and O–H groups in total. The van der Waals surface area contributed by atoms with E-state index in [1.165, 1.54) is 34.5 Å². The van der Waals surface area contributed by atoms with Crippen LogP contribution in [0, 0.1) is 0 Å². The number of para-hydroxylation sites is 1. The van der Waals surface area contributed by atoms with Crippen molar-refractivity contribution < 1.29 is 0 Å². The molecule has 3 unspecified atom stereocenters. The second-order valence-electron chi connectivity index (χ2n) is 9.14. The molecule has 1 aliphatic heterocycles. The summed E-state index contributed by atoms with van der Waals surface area (Å²) in [6.45, 7) is 11.3. The Morgan fingerprint density at radius 2 is 1.89 bits per heavy atom. The average molecular weight is 487 g/mol. The van der Waals surface area contributed by atoms with E-state index in [9.17, 15) is 0 Å². The van der Waals surface area contributed by atoms with E-state index >= 15 is 0 Å². The zero-order valence-corrected chi connectivity index (χ0v) is 22.9. The lowest BCUT2D eigenvalue weighted by Crippen LogP contribution is -2.48. The molecule has 0 amide bonds. The first-order valence-corrected chi connectivity index (χ1v) is 14.8. The van der Waals surface area contributed by atoms with Crippen molar-refractivity contribution in [3.05, 3.63) is 96.0 Å². The molecule has 0 saturated heterocycles. The topological polar surface area (TPSA) is 22.6 Å². The first kappa shape index (κ1) is 25.3. The highest BCUT2D eigenvalue weighted by Gasteiger charge is 2.42. The van der Waals surface area contributed by atoms with Crippen LogP contribution in [-0.4, -0.2) is 36.8 Å². The molecule has 1 aliphatic carbocycles. The van der Waals surface area contributed by atoms with Crippen LogP contribution >= 0.6 is 7.92 Å². The molecule has 3 atom stereocenters. The van der Waals surface area contributed by atoms with E-state index in [2.05, 4.69) is 129 Å². The van der Waals surface area contributed by atoms with Gasteiger partial charge in [0, 0.05) is 36.7 Å². The Hall–Kier alpha value is -2.84. The predicted octanol–water partition coefficient (Wildman–Crippen LogP) is 7.73. The predicted molar refractivity (Wildman–Crippen MR) is 155 cm³/mol. The van der Waals surface area contributed by atoms with Gasteiger partial charge < -0.3 is 14.7 Å². The van der Waals surface area contributed by atoms with Crippen LogP contribution in [0.2, 0.25) is 0 Å². The van der Waals surface area contributed by atoms with Crippen molar-refractivity contribution in [2.24, 2.45) is 0 Å². The lowest BCUT2D eigenvalue weighted by Gasteiger charge is -2.43. The van der Waals surface area contributed by atoms with Gasteiger partial charge in [0.2, 0.25) is 0 Å². The van der Waals surface area contributed by atoms with Crippen LogP contribution in [0.5, 0.6) is 0 Å². The number of pyridine rings is 1. The smallest absolute Gasteiger partial charge is 0.153 e. The first-order valence-electron chi connectivity index (χ1n) is 12.8. The molecule has 4 rings (SSSR count). The summed E-state index contributed by atoms with van der Waals surface area (Å²) in [6.07, 6.45) is 16.4. The summed E-state index contributed by atoms with van der Waals surface area (Å²) < 4.78 is 0. The third-order valence-electron chi connectivity index (χ3n) is 7.12. The number of benzene rings is 1. The zero-order chi connectivity index (χ0) is 24.9. The monoisotopic (exact) mass is 486 g/mol. The highest BCUT2D eigenvalue weighted by molar-refractivity contribution is 7.57. The quantitative estimate of drug-likeness (QED) is 0.281. The molecule has 0 saturated carbocycles.